The number of nitrogens with one attached hydrogen (secondary N) is 1. The van der Waals surface area contributed by atoms with Gasteiger partial charge in [0, 0.05) is 12.6 Å². The Bertz CT molecular complexity index is 430. The third-order valence-electron chi connectivity index (χ3n) is 2.85. The molecule has 1 aromatic carbocycles. The van der Waals surface area contributed by atoms with Crippen molar-refractivity contribution in [3.8, 4) is 5.75 Å². The number of para-hydroxylation sites is 1. The minimum Gasteiger partial charge on any atom is -0.480 e. The molecule has 0 radical (unpaired) electrons. The molecule has 1 rings (SSSR count). The molecule has 0 saturated heterocycles. The van der Waals surface area contributed by atoms with Gasteiger partial charge in [-0.2, -0.15) is 0 Å². The van der Waals surface area contributed by atoms with Gasteiger partial charge in [-0.3, -0.25) is 4.79 Å². The van der Waals surface area contributed by atoms with Gasteiger partial charge in [0.2, 0.25) is 0 Å². The van der Waals surface area contributed by atoms with Crippen molar-refractivity contribution in [3.63, 3.8) is 0 Å². The van der Waals surface area contributed by atoms with Gasteiger partial charge in [0.1, 0.15) is 5.75 Å². The van der Waals surface area contributed by atoms with Gasteiger partial charge in [-0.15, -0.1) is 0 Å². The fourth-order valence-electron chi connectivity index (χ4n) is 1.94. The lowest BCUT2D eigenvalue weighted by Crippen LogP contribution is -2.36. The van der Waals surface area contributed by atoms with Crippen LogP contribution in [0.15, 0.2) is 18.2 Å². The topological polar surface area (TPSA) is 64.3 Å². The van der Waals surface area contributed by atoms with Crippen molar-refractivity contribution in [1.82, 2.24) is 5.32 Å². The first-order chi connectivity index (χ1) is 8.95. The summed E-state index contributed by atoms with van der Waals surface area (Å²) in [4.78, 5) is 11.7. The Morgan fingerprint density at radius 2 is 2.11 bits per heavy atom. The average molecular weight is 264 g/mol. The van der Waals surface area contributed by atoms with Gasteiger partial charge in [0.15, 0.2) is 6.10 Å². The molecule has 3 N–H and O–H groups in total. The molecule has 0 aromatic heterocycles. The van der Waals surface area contributed by atoms with E-state index in [4.69, 9.17) is 10.5 Å². The largest absolute Gasteiger partial charge is 0.480 e. The van der Waals surface area contributed by atoms with Gasteiger partial charge in [-0.25, -0.2) is 0 Å². The molecule has 1 aromatic rings. The first-order valence-electron chi connectivity index (χ1n) is 6.74. The molecule has 0 fully saturated rings. The predicted octanol–water partition coefficient (Wildman–Crippen LogP) is 1.79. The second-order valence-corrected chi connectivity index (χ2v) is 4.90. The van der Waals surface area contributed by atoms with E-state index in [-0.39, 0.29) is 11.9 Å². The lowest BCUT2D eigenvalue weighted by Gasteiger charge is -2.19. The summed E-state index contributed by atoms with van der Waals surface area (Å²) in [7, 11) is 0. The Balaban J connectivity index is 2.89. The third-order valence-corrected chi connectivity index (χ3v) is 2.85. The van der Waals surface area contributed by atoms with Crippen LogP contribution in [0.25, 0.3) is 0 Å². The molecule has 2 atom stereocenters. The molecular formula is C15H24N2O2. The summed E-state index contributed by atoms with van der Waals surface area (Å²) in [6.07, 6.45) is 0.229. The number of ether oxygens (including phenoxy) is 1. The maximum absolute atomic E-state index is 11.7. The van der Waals surface area contributed by atoms with Gasteiger partial charge in [-0.05, 0) is 45.2 Å². The first kappa shape index (κ1) is 15.5. The molecule has 0 aliphatic heterocycles. The number of carbonyl (C=O) groups is 1. The summed E-state index contributed by atoms with van der Waals surface area (Å²) >= 11 is 0. The molecule has 0 heterocycles. The number of carbonyl (C=O) groups excluding carboxylic acids is 1. The maximum Gasteiger partial charge on any atom is 0.260 e. The van der Waals surface area contributed by atoms with E-state index in [1.54, 1.807) is 6.92 Å². The molecule has 0 aliphatic carbocycles. The Morgan fingerprint density at radius 3 is 2.68 bits per heavy atom. The van der Waals surface area contributed by atoms with Crippen LogP contribution in [-0.2, 0) is 11.2 Å². The van der Waals surface area contributed by atoms with Gasteiger partial charge < -0.3 is 15.8 Å². The third kappa shape index (κ3) is 4.56. The quantitative estimate of drug-likeness (QED) is 0.823. The van der Waals surface area contributed by atoms with Crippen molar-refractivity contribution in [2.75, 3.05) is 6.54 Å². The fraction of sp³-hybridized carbons (Fsp3) is 0.533. The highest BCUT2D eigenvalue weighted by Crippen LogP contribution is 2.25. The highest BCUT2D eigenvalue weighted by molar-refractivity contribution is 5.80. The molecule has 2 unspecified atom stereocenters. The second-order valence-electron chi connectivity index (χ2n) is 4.90. The number of nitrogens with two attached hydrogens (primary N) is 1. The summed E-state index contributed by atoms with van der Waals surface area (Å²) in [6.45, 7) is 8.18. The van der Waals surface area contributed by atoms with E-state index in [9.17, 15) is 4.79 Å². The van der Waals surface area contributed by atoms with Crippen LogP contribution in [0.3, 0.4) is 0 Å². The SMILES string of the molecule is CCNC(=O)C(C)Oc1c(C)cccc1CC(C)N. The summed E-state index contributed by atoms with van der Waals surface area (Å²) in [5.41, 5.74) is 7.92. The van der Waals surface area contributed by atoms with Crippen LogP contribution in [0.2, 0.25) is 0 Å². The van der Waals surface area contributed by atoms with Gasteiger partial charge >= 0.3 is 0 Å². The number of hydrogen-bond donors (Lipinski definition) is 2. The Kier molecular flexibility index (Phi) is 5.83. The molecular weight excluding hydrogens is 240 g/mol. The average Bonchev–Trinajstić information content (AvgIpc) is 2.33. The number of benzene rings is 1. The lowest BCUT2D eigenvalue weighted by molar-refractivity contribution is -0.127. The highest BCUT2D eigenvalue weighted by Gasteiger charge is 2.17. The van der Waals surface area contributed by atoms with E-state index in [0.29, 0.717) is 6.54 Å². The van der Waals surface area contributed by atoms with Crippen LogP contribution < -0.4 is 15.8 Å². The van der Waals surface area contributed by atoms with Crippen LogP contribution in [0.4, 0.5) is 0 Å². The Hall–Kier alpha value is -1.55. The Morgan fingerprint density at radius 1 is 1.42 bits per heavy atom. The van der Waals surface area contributed by atoms with Crippen LogP contribution >= 0.6 is 0 Å². The molecule has 0 bridgehead atoms. The van der Waals surface area contributed by atoms with E-state index >= 15 is 0 Å². The van der Waals surface area contributed by atoms with Crippen molar-refractivity contribution >= 4 is 5.91 Å². The lowest BCUT2D eigenvalue weighted by atomic mass is 10.0. The van der Waals surface area contributed by atoms with E-state index < -0.39 is 6.10 Å². The summed E-state index contributed by atoms with van der Waals surface area (Å²) in [6, 6.07) is 6.01. The molecule has 4 heteroatoms. The summed E-state index contributed by atoms with van der Waals surface area (Å²) in [5.74, 6) is 0.677. The van der Waals surface area contributed by atoms with Crippen molar-refractivity contribution in [2.24, 2.45) is 5.73 Å². The maximum atomic E-state index is 11.7. The summed E-state index contributed by atoms with van der Waals surface area (Å²) in [5, 5.41) is 2.76. The van der Waals surface area contributed by atoms with Crippen LogP contribution in [0.5, 0.6) is 5.75 Å². The zero-order valence-electron chi connectivity index (χ0n) is 12.2. The molecule has 19 heavy (non-hydrogen) atoms. The van der Waals surface area contributed by atoms with Crippen LogP contribution in [0, 0.1) is 6.92 Å². The molecule has 0 aliphatic rings. The van der Waals surface area contributed by atoms with E-state index in [2.05, 4.69) is 5.32 Å². The second kappa shape index (κ2) is 7.14. The molecule has 4 nitrogen and oxygen atoms in total. The number of aryl methyl sites for hydroxylation is 1. The minimum atomic E-state index is -0.507. The van der Waals surface area contributed by atoms with Crippen molar-refractivity contribution < 1.29 is 9.53 Å². The van der Waals surface area contributed by atoms with Crippen molar-refractivity contribution in [2.45, 2.75) is 46.3 Å². The normalized spacial score (nSPS) is 13.7. The van der Waals surface area contributed by atoms with Gasteiger partial charge in [0.05, 0.1) is 0 Å². The number of amides is 1. The predicted molar refractivity (Wildman–Crippen MR) is 77.3 cm³/mol. The molecule has 106 valence electrons. The highest BCUT2D eigenvalue weighted by atomic mass is 16.5. The number of rotatable bonds is 6. The van der Waals surface area contributed by atoms with Crippen LogP contribution in [-0.4, -0.2) is 24.6 Å². The molecule has 0 spiro atoms. The van der Waals surface area contributed by atoms with E-state index in [1.165, 1.54) is 0 Å². The Labute approximate surface area is 115 Å². The van der Waals surface area contributed by atoms with E-state index in [0.717, 1.165) is 23.3 Å². The van der Waals surface area contributed by atoms with Crippen molar-refractivity contribution in [3.05, 3.63) is 29.3 Å². The van der Waals surface area contributed by atoms with E-state index in [1.807, 2.05) is 39.0 Å². The summed E-state index contributed by atoms with van der Waals surface area (Å²) < 4.78 is 5.82. The minimum absolute atomic E-state index is 0.0592. The van der Waals surface area contributed by atoms with Gasteiger partial charge in [-0.1, -0.05) is 18.2 Å². The van der Waals surface area contributed by atoms with Crippen molar-refractivity contribution in [1.29, 1.82) is 0 Å². The standard InChI is InChI=1S/C15H24N2O2/c1-5-17-15(18)12(4)19-14-10(2)7-6-8-13(14)9-11(3)16/h6-8,11-12H,5,9,16H2,1-4H3,(H,17,18). The zero-order chi connectivity index (χ0) is 14.4. The molecule has 0 saturated carbocycles. The first-order valence-corrected chi connectivity index (χ1v) is 6.74. The molecule has 1 amide bonds. The van der Waals surface area contributed by atoms with Gasteiger partial charge in [0.25, 0.3) is 5.91 Å². The number of hydrogen-bond acceptors (Lipinski definition) is 3. The monoisotopic (exact) mass is 264 g/mol. The number of likely N-dealkylation sites (N-methyl/N-ethyl adjacent to an activating group) is 1. The van der Waals surface area contributed by atoms with Crippen LogP contribution in [0.1, 0.15) is 31.9 Å². The smallest absolute Gasteiger partial charge is 0.260 e. The zero-order valence-corrected chi connectivity index (χ0v) is 12.2. The fourth-order valence-corrected chi connectivity index (χ4v) is 1.94.